The van der Waals surface area contributed by atoms with Crippen molar-refractivity contribution in [2.24, 2.45) is 5.14 Å². The molecule has 11 heteroatoms. The summed E-state index contributed by atoms with van der Waals surface area (Å²) < 4.78 is 24.0. The standard InChI is InChI=1S/C14H12N8O2S.C2H6/c15-14-17-9-5-4-7(6-10(9)18-14)8-2-1-3-11(25(16,23)24)12(8)13-19-21-22-20-13;1-2/h1-6H,(H3,15,17,18)(H2,16,23,24)(H,19,20,21,22);1-2H3. The van der Waals surface area contributed by atoms with Crippen molar-refractivity contribution in [3.05, 3.63) is 36.4 Å². The fourth-order valence-corrected chi connectivity index (χ4v) is 3.46. The molecule has 0 fully saturated rings. The zero-order valence-electron chi connectivity index (χ0n) is 14.6. The minimum Gasteiger partial charge on any atom is -0.369 e. The Morgan fingerprint density at radius 1 is 1.11 bits per heavy atom. The van der Waals surface area contributed by atoms with E-state index >= 15 is 0 Å². The van der Waals surface area contributed by atoms with Crippen LogP contribution in [0.1, 0.15) is 13.8 Å². The maximum absolute atomic E-state index is 12.0. The molecular weight excluding hydrogens is 368 g/mol. The van der Waals surface area contributed by atoms with Gasteiger partial charge in [0.2, 0.25) is 15.8 Å². The zero-order chi connectivity index (χ0) is 19.6. The quantitative estimate of drug-likeness (QED) is 0.415. The lowest BCUT2D eigenvalue weighted by Crippen LogP contribution is -2.14. The van der Waals surface area contributed by atoms with Crippen molar-refractivity contribution in [3.8, 4) is 22.5 Å². The van der Waals surface area contributed by atoms with E-state index < -0.39 is 10.0 Å². The lowest BCUT2D eigenvalue weighted by Gasteiger charge is -2.11. The van der Waals surface area contributed by atoms with E-state index in [1.165, 1.54) is 6.07 Å². The molecule has 2 aromatic heterocycles. The molecule has 4 rings (SSSR count). The highest BCUT2D eigenvalue weighted by Gasteiger charge is 2.22. The number of rotatable bonds is 3. The van der Waals surface area contributed by atoms with Gasteiger partial charge in [-0.3, -0.25) is 0 Å². The van der Waals surface area contributed by atoms with Crippen molar-refractivity contribution in [2.45, 2.75) is 18.7 Å². The number of hydrogen-bond acceptors (Lipinski definition) is 7. The lowest BCUT2D eigenvalue weighted by molar-refractivity contribution is 0.598. The fraction of sp³-hybridized carbons (Fsp3) is 0.125. The number of imidazole rings is 1. The molecule has 2 aromatic carbocycles. The molecule has 10 nitrogen and oxygen atoms in total. The number of tetrazole rings is 1. The van der Waals surface area contributed by atoms with Crippen molar-refractivity contribution in [2.75, 3.05) is 5.73 Å². The van der Waals surface area contributed by atoms with Gasteiger partial charge < -0.3 is 10.7 Å². The number of hydrogen-bond donors (Lipinski definition) is 4. The Labute approximate surface area is 155 Å². The number of nitrogens with one attached hydrogen (secondary N) is 2. The van der Waals surface area contributed by atoms with Crippen LogP contribution in [0.3, 0.4) is 0 Å². The van der Waals surface area contributed by atoms with Crippen LogP contribution < -0.4 is 10.9 Å². The first-order valence-electron chi connectivity index (χ1n) is 8.09. The van der Waals surface area contributed by atoms with E-state index in [0.29, 0.717) is 17.0 Å². The number of sulfonamides is 1. The van der Waals surface area contributed by atoms with Gasteiger partial charge in [-0.25, -0.2) is 18.5 Å². The predicted molar refractivity (Wildman–Crippen MR) is 102 cm³/mol. The predicted octanol–water partition coefficient (Wildman–Crippen LogP) is 1.67. The summed E-state index contributed by atoms with van der Waals surface area (Å²) in [6.07, 6.45) is 0. The molecule has 0 bridgehead atoms. The van der Waals surface area contributed by atoms with Gasteiger partial charge in [0.25, 0.3) is 0 Å². The molecule has 140 valence electrons. The number of fused-ring (bicyclic) bond motifs is 1. The van der Waals surface area contributed by atoms with Gasteiger partial charge >= 0.3 is 0 Å². The second-order valence-electron chi connectivity index (χ2n) is 5.31. The average Bonchev–Trinajstić information content (AvgIpc) is 3.30. The molecule has 0 spiro atoms. The van der Waals surface area contributed by atoms with Crippen LogP contribution in [0, 0.1) is 0 Å². The van der Waals surface area contributed by atoms with Crippen LogP contribution >= 0.6 is 0 Å². The van der Waals surface area contributed by atoms with Gasteiger partial charge in [-0.2, -0.15) is 5.21 Å². The first-order chi connectivity index (χ1) is 12.9. The molecule has 0 amide bonds. The molecule has 0 atom stereocenters. The molecule has 0 saturated carbocycles. The Bertz CT molecular complexity index is 1180. The second-order valence-corrected chi connectivity index (χ2v) is 6.84. The number of nitrogens with two attached hydrogens (primary N) is 2. The maximum Gasteiger partial charge on any atom is 0.238 e. The molecule has 0 aliphatic heterocycles. The van der Waals surface area contributed by atoms with E-state index in [9.17, 15) is 8.42 Å². The number of nitrogens with zero attached hydrogens (tertiary/aromatic N) is 4. The monoisotopic (exact) mass is 386 g/mol. The van der Waals surface area contributed by atoms with E-state index in [2.05, 4.69) is 30.6 Å². The summed E-state index contributed by atoms with van der Waals surface area (Å²) in [5, 5.41) is 19.0. The fourth-order valence-electron chi connectivity index (χ4n) is 2.70. The SMILES string of the molecule is CC.Nc1nc2ccc(-c3cccc(S(N)(=O)=O)c3-c3nn[nH]n3)cc2[nH]1. The van der Waals surface area contributed by atoms with Crippen molar-refractivity contribution in [1.82, 2.24) is 30.6 Å². The molecule has 27 heavy (non-hydrogen) atoms. The van der Waals surface area contributed by atoms with Gasteiger partial charge in [0.15, 0.2) is 5.95 Å². The molecular formula is C16H18N8O2S. The topological polar surface area (TPSA) is 169 Å². The highest BCUT2D eigenvalue weighted by atomic mass is 32.2. The minimum atomic E-state index is -3.99. The van der Waals surface area contributed by atoms with Gasteiger partial charge in [0.05, 0.1) is 21.5 Å². The molecule has 2 heterocycles. The minimum absolute atomic E-state index is 0.0874. The summed E-state index contributed by atoms with van der Waals surface area (Å²) in [7, 11) is -3.99. The number of H-pyrrole nitrogens is 2. The van der Waals surface area contributed by atoms with Crippen LogP contribution in [0.5, 0.6) is 0 Å². The van der Waals surface area contributed by atoms with Gasteiger partial charge in [0, 0.05) is 0 Å². The summed E-state index contributed by atoms with van der Waals surface area (Å²) in [5.74, 6) is 0.424. The third-order valence-electron chi connectivity index (χ3n) is 3.71. The molecule has 0 saturated heterocycles. The molecule has 0 unspecified atom stereocenters. The molecule has 0 aliphatic carbocycles. The number of aromatic amines is 2. The summed E-state index contributed by atoms with van der Waals surface area (Å²) in [6, 6.07) is 10.1. The van der Waals surface area contributed by atoms with Gasteiger partial charge in [-0.15, -0.1) is 10.2 Å². The van der Waals surface area contributed by atoms with Gasteiger partial charge in [-0.1, -0.05) is 32.0 Å². The van der Waals surface area contributed by atoms with Crippen LogP contribution in [0.15, 0.2) is 41.3 Å². The maximum atomic E-state index is 12.0. The highest BCUT2D eigenvalue weighted by molar-refractivity contribution is 7.89. The van der Waals surface area contributed by atoms with Crippen LogP contribution in [0.25, 0.3) is 33.5 Å². The number of benzene rings is 2. The number of nitrogen functional groups attached to an aromatic ring is 1. The third kappa shape index (κ3) is 3.50. The Hall–Kier alpha value is -3.31. The van der Waals surface area contributed by atoms with E-state index in [-0.39, 0.29) is 16.3 Å². The van der Waals surface area contributed by atoms with Crippen LogP contribution in [0.4, 0.5) is 5.95 Å². The first kappa shape index (κ1) is 18.5. The van der Waals surface area contributed by atoms with E-state index in [1.807, 2.05) is 19.9 Å². The molecule has 0 aliphatic rings. The second kappa shape index (κ2) is 7.13. The van der Waals surface area contributed by atoms with Crippen molar-refractivity contribution < 1.29 is 8.42 Å². The van der Waals surface area contributed by atoms with Crippen molar-refractivity contribution >= 4 is 27.0 Å². The van der Waals surface area contributed by atoms with Crippen LogP contribution in [-0.2, 0) is 10.0 Å². The Morgan fingerprint density at radius 2 is 1.89 bits per heavy atom. The van der Waals surface area contributed by atoms with Crippen molar-refractivity contribution in [3.63, 3.8) is 0 Å². The smallest absolute Gasteiger partial charge is 0.238 e. The number of anilines is 1. The first-order valence-corrected chi connectivity index (χ1v) is 9.63. The Balaban J connectivity index is 0.00000102. The lowest BCUT2D eigenvalue weighted by atomic mass is 9.99. The Morgan fingerprint density at radius 3 is 2.56 bits per heavy atom. The van der Waals surface area contributed by atoms with E-state index in [1.54, 1.807) is 24.3 Å². The third-order valence-corrected chi connectivity index (χ3v) is 4.67. The highest BCUT2D eigenvalue weighted by Crippen LogP contribution is 2.35. The average molecular weight is 386 g/mol. The summed E-state index contributed by atoms with van der Waals surface area (Å²) in [5.41, 5.74) is 8.67. The largest absolute Gasteiger partial charge is 0.369 e. The van der Waals surface area contributed by atoms with E-state index in [0.717, 1.165) is 11.1 Å². The van der Waals surface area contributed by atoms with Crippen LogP contribution in [0.2, 0.25) is 0 Å². The Kier molecular flexibility index (Phi) is 4.88. The summed E-state index contributed by atoms with van der Waals surface area (Å²) in [6.45, 7) is 4.00. The number of primary sulfonamides is 1. The molecule has 4 aromatic rings. The normalized spacial score (nSPS) is 11.2. The van der Waals surface area contributed by atoms with E-state index in [4.69, 9.17) is 10.9 Å². The van der Waals surface area contributed by atoms with Gasteiger partial charge in [-0.05, 0) is 34.5 Å². The summed E-state index contributed by atoms with van der Waals surface area (Å²) in [4.78, 5) is 7.00. The molecule has 6 N–H and O–H groups in total. The van der Waals surface area contributed by atoms with Crippen LogP contribution in [-0.4, -0.2) is 39.0 Å². The molecule has 0 radical (unpaired) electrons. The zero-order valence-corrected chi connectivity index (χ0v) is 15.4. The number of aromatic nitrogens is 6. The van der Waals surface area contributed by atoms with Gasteiger partial charge in [0.1, 0.15) is 0 Å². The summed E-state index contributed by atoms with van der Waals surface area (Å²) >= 11 is 0. The van der Waals surface area contributed by atoms with Crippen molar-refractivity contribution in [1.29, 1.82) is 0 Å².